The molecular weight excluding hydrogens is 389 g/mol. The molecule has 30 heavy (non-hydrogen) atoms. The number of benzene rings is 1. The van der Waals surface area contributed by atoms with Gasteiger partial charge in [-0.2, -0.15) is 4.98 Å². The van der Waals surface area contributed by atoms with E-state index in [2.05, 4.69) is 27.2 Å². The van der Waals surface area contributed by atoms with Gasteiger partial charge in [0.25, 0.3) is 5.91 Å². The van der Waals surface area contributed by atoms with Crippen molar-refractivity contribution in [1.82, 2.24) is 24.0 Å². The third kappa shape index (κ3) is 3.43. The highest BCUT2D eigenvalue weighted by atomic mass is 19.1. The average Bonchev–Trinajstić information content (AvgIpc) is 2.95. The van der Waals surface area contributed by atoms with Crippen LogP contribution in [0.15, 0.2) is 23.1 Å². The Morgan fingerprint density at radius 2 is 1.97 bits per heavy atom. The molecule has 0 unspecified atom stereocenters. The van der Waals surface area contributed by atoms with Crippen molar-refractivity contribution in [1.29, 1.82) is 0 Å². The number of primary amides is 1. The lowest BCUT2D eigenvalue weighted by atomic mass is 10.1. The van der Waals surface area contributed by atoms with Crippen LogP contribution in [-0.4, -0.2) is 50.0 Å². The van der Waals surface area contributed by atoms with E-state index in [9.17, 15) is 14.0 Å². The summed E-state index contributed by atoms with van der Waals surface area (Å²) in [4.78, 5) is 35.3. The van der Waals surface area contributed by atoms with Gasteiger partial charge in [-0.25, -0.2) is 14.2 Å². The largest absolute Gasteiger partial charge is 0.366 e. The number of piperidine rings is 1. The van der Waals surface area contributed by atoms with Crippen molar-refractivity contribution in [3.8, 4) is 0 Å². The van der Waals surface area contributed by atoms with Gasteiger partial charge in [0, 0.05) is 18.8 Å². The first-order chi connectivity index (χ1) is 14.3. The van der Waals surface area contributed by atoms with E-state index in [0.29, 0.717) is 22.4 Å². The van der Waals surface area contributed by atoms with Crippen molar-refractivity contribution < 1.29 is 9.18 Å². The van der Waals surface area contributed by atoms with E-state index in [0.717, 1.165) is 25.9 Å². The van der Waals surface area contributed by atoms with Crippen LogP contribution in [0, 0.1) is 12.7 Å². The second-order valence-corrected chi connectivity index (χ2v) is 7.78. The van der Waals surface area contributed by atoms with Gasteiger partial charge in [-0.3, -0.25) is 13.9 Å². The predicted molar refractivity (Wildman–Crippen MR) is 111 cm³/mol. The van der Waals surface area contributed by atoms with Crippen LogP contribution in [0.2, 0.25) is 0 Å². The summed E-state index contributed by atoms with van der Waals surface area (Å²) < 4.78 is 17.5. The number of hydrogen-bond donors (Lipinski definition) is 2. The van der Waals surface area contributed by atoms with Crippen molar-refractivity contribution in [2.45, 2.75) is 25.8 Å². The molecule has 1 aliphatic rings. The van der Waals surface area contributed by atoms with Gasteiger partial charge in [-0.1, -0.05) is 0 Å². The van der Waals surface area contributed by atoms with Crippen molar-refractivity contribution in [3.05, 3.63) is 45.8 Å². The Labute approximate surface area is 172 Å². The molecule has 9 nitrogen and oxygen atoms in total. The van der Waals surface area contributed by atoms with Gasteiger partial charge in [0.2, 0.25) is 5.95 Å². The molecule has 1 amide bonds. The first kappa shape index (κ1) is 20.0. The molecule has 1 aliphatic heterocycles. The Morgan fingerprint density at radius 3 is 2.63 bits per heavy atom. The Hall–Kier alpha value is -3.27. The van der Waals surface area contributed by atoms with Crippen LogP contribution < -0.4 is 16.7 Å². The quantitative estimate of drug-likeness (QED) is 0.673. The average molecular weight is 413 g/mol. The molecule has 10 heteroatoms. The molecule has 1 aromatic carbocycles. The summed E-state index contributed by atoms with van der Waals surface area (Å²) in [6.45, 7) is 3.55. The van der Waals surface area contributed by atoms with Crippen LogP contribution in [0.25, 0.3) is 11.2 Å². The Kier molecular flexibility index (Phi) is 5.02. The summed E-state index contributed by atoms with van der Waals surface area (Å²) in [5.41, 5.74) is 7.12. The molecule has 2 aromatic heterocycles. The third-order valence-corrected chi connectivity index (χ3v) is 5.71. The zero-order valence-electron chi connectivity index (χ0n) is 17.1. The molecular formula is C20H24FN7O2. The van der Waals surface area contributed by atoms with Crippen molar-refractivity contribution in [3.63, 3.8) is 0 Å². The van der Waals surface area contributed by atoms with E-state index in [1.807, 2.05) is 0 Å². The summed E-state index contributed by atoms with van der Waals surface area (Å²) in [5, 5.41) is 2.99. The second kappa shape index (κ2) is 7.52. The third-order valence-electron chi connectivity index (χ3n) is 5.71. The number of nitrogens with one attached hydrogen (secondary N) is 1. The number of hydrogen-bond acceptors (Lipinski definition) is 6. The molecule has 0 bridgehead atoms. The van der Waals surface area contributed by atoms with E-state index >= 15 is 0 Å². The normalized spacial score (nSPS) is 15.6. The van der Waals surface area contributed by atoms with Gasteiger partial charge in [-0.05, 0) is 57.6 Å². The molecule has 0 radical (unpaired) electrons. The monoisotopic (exact) mass is 413 g/mol. The highest BCUT2D eigenvalue weighted by molar-refractivity contribution is 5.94. The number of amides is 1. The molecule has 0 aliphatic carbocycles. The number of aromatic nitrogens is 4. The summed E-state index contributed by atoms with van der Waals surface area (Å²) in [7, 11) is 3.77. The van der Waals surface area contributed by atoms with Gasteiger partial charge in [0.15, 0.2) is 5.65 Å². The fourth-order valence-electron chi connectivity index (χ4n) is 3.90. The van der Waals surface area contributed by atoms with E-state index in [-0.39, 0.29) is 23.2 Å². The highest BCUT2D eigenvalue weighted by Crippen LogP contribution is 2.26. The number of halogens is 1. The maximum absolute atomic E-state index is 14.2. The second-order valence-electron chi connectivity index (χ2n) is 7.78. The van der Waals surface area contributed by atoms with Gasteiger partial charge < -0.3 is 16.0 Å². The molecule has 1 fully saturated rings. The number of fused-ring (bicyclic) bond motifs is 1. The van der Waals surface area contributed by atoms with Crippen LogP contribution in [0.4, 0.5) is 16.0 Å². The lowest BCUT2D eigenvalue weighted by Gasteiger charge is -2.29. The van der Waals surface area contributed by atoms with E-state index in [1.54, 1.807) is 29.3 Å². The minimum atomic E-state index is -0.828. The van der Waals surface area contributed by atoms with Gasteiger partial charge in [0.1, 0.15) is 11.3 Å². The zero-order chi connectivity index (χ0) is 21.6. The number of nitrogens with zero attached hydrogens (tertiary/aromatic N) is 5. The summed E-state index contributed by atoms with van der Waals surface area (Å²) >= 11 is 0. The van der Waals surface area contributed by atoms with Crippen LogP contribution in [0.1, 0.15) is 34.8 Å². The topological polar surface area (TPSA) is 111 Å². The molecule has 0 spiro atoms. The van der Waals surface area contributed by atoms with Crippen LogP contribution in [0.5, 0.6) is 0 Å². The van der Waals surface area contributed by atoms with Gasteiger partial charge >= 0.3 is 5.69 Å². The fraction of sp³-hybridized carbons (Fsp3) is 0.400. The minimum Gasteiger partial charge on any atom is -0.366 e. The Morgan fingerprint density at radius 1 is 1.27 bits per heavy atom. The lowest BCUT2D eigenvalue weighted by molar-refractivity contribution is 0.0996. The lowest BCUT2D eigenvalue weighted by Crippen LogP contribution is -2.35. The number of aryl methyl sites for hydroxylation is 2. The standard InChI is InChI=1S/C20H24FN7O2/c1-11-8-13(17(22)29)14(21)9-15(11)24-19-23-10-16-18(25-19)28(20(30)27(16)3)12-4-6-26(2)7-5-12/h8-10,12H,4-7H2,1-3H3,(H2,22,29)(H,23,24,25). The van der Waals surface area contributed by atoms with Crippen LogP contribution >= 0.6 is 0 Å². The SMILES string of the molecule is Cc1cc(C(N)=O)c(F)cc1Nc1ncc2c(n1)n(C1CCN(C)CC1)c(=O)n2C. The van der Waals surface area contributed by atoms with Crippen molar-refractivity contribution in [2.24, 2.45) is 12.8 Å². The van der Waals surface area contributed by atoms with Gasteiger partial charge in [0.05, 0.1) is 11.8 Å². The fourth-order valence-corrected chi connectivity index (χ4v) is 3.90. The molecule has 3 aromatic rings. The molecule has 3 heterocycles. The number of carbonyl (C=O) groups excluding carboxylic acids is 1. The first-order valence-corrected chi connectivity index (χ1v) is 9.75. The number of likely N-dealkylation sites (tertiary alicyclic amines) is 1. The Balaban J connectivity index is 1.73. The first-order valence-electron chi connectivity index (χ1n) is 9.75. The van der Waals surface area contributed by atoms with E-state index < -0.39 is 11.7 Å². The van der Waals surface area contributed by atoms with E-state index in [4.69, 9.17) is 5.73 Å². The molecule has 0 saturated carbocycles. The zero-order valence-corrected chi connectivity index (χ0v) is 17.1. The Bertz CT molecular complexity index is 1190. The number of anilines is 2. The summed E-state index contributed by atoms with van der Waals surface area (Å²) in [5.74, 6) is -1.31. The molecule has 158 valence electrons. The maximum Gasteiger partial charge on any atom is 0.330 e. The van der Waals surface area contributed by atoms with Crippen molar-refractivity contribution in [2.75, 3.05) is 25.5 Å². The molecule has 0 atom stereocenters. The van der Waals surface area contributed by atoms with E-state index in [1.165, 1.54) is 12.1 Å². The van der Waals surface area contributed by atoms with Crippen molar-refractivity contribution >= 4 is 28.7 Å². The highest BCUT2D eigenvalue weighted by Gasteiger charge is 2.24. The predicted octanol–water partition coefficient (Wildman–Crippen LogP) is 1.69. The minimum absolute atomic E-state index is 0.0641. The summed E-state index contributed by atoms with van der Waals surface area (Å²) in [6, 6.07) is 2.64. The number of carbonyl (C=O) groups is 1. The molecule has 3 N–H and O–H groups in total. The number of imidazole rings is 1. The summed E-state index contributed by atoms with van der Waals surface area (Å²) in [6.07, 6.45) is 3.31. The smallest absolute Gasteiger partial charge is 0.330 e. The van der Waals surface area contributed by atoms with Crippen LogP contribution in [-0.2, 0) is 7.05 Å². The molecule has 1 saturated heterocycles. The molecule has 4 rings (SSSR count). The number of nitrogens with two attached hydrogens (primary N) is 1. The van der Waals surface area contributed by atoms with Gasteiger partial charge in [-0.15, -0.1) is 0 Å². The number of rotatable bonds is 4. The maximum atomic E-state index is 14.2. The van der Waals surface area contributed by atoms with Crippen LogP contribution in [0.3, 0.4) is 0 Å².